The van der Waals surface area contributed by atoms with Crippen LogP contribution >= 0.6 is 0 Å². The fourth-order valence-electron chi connectivity index (χ4n) is 4.34. The number of hydrogen-bond acceptors (Lipinski definition) is 4. The molecule has 0 unspecified atom stereocenters. The first-order valence-electron chi connectivity index (χ1n) is 10.6. The summed E-state index contributed by atoms with van der Waals surface area (Å²) in [5, 5.41) is 3.14. The number of nitrogens with one attached hydrogen (secondary N) is 1. The predicted octanol–water partition coefficient (Wildman–Crippen LogP) is 4.89. The van der Waals surface area contributed by atoms with Crippen molar-refractivity contribution in [2.75, 3.05) is 25.0 Å². The second-order valence-electron chi connectivity index (χ2n) is 7.84. The molecule has 0 bridgehead atoms. The Labute approximate surface area is 183 Å². The lowest BCUT2D eigenvalue weighted by Crippen LogP contribution is -2.49. The minimum Gasteiger partial charge on any atom is -0.450 e. The summed E-state index contributed by atoms with van der Waals surface area (Å²) in [7, 11) is 0. The van der Waals surface area contributed by atoms with Gasteiger partial charge in [0, 0.05) is 35.9 Å². The van der Waals surface area contributed by atoms with Gasteiger partial charge < -0.3 is 19.9 Å². The number of hydrogen-bond donors (Lipinski definition) is 1. The van der Waals surface area contributed by atoms with Gasteiger partial charge in [0.25, 0.3) is 5.91 Å². The van der Waals surface area contributed by atoms with Crippen molar-refractivity contribution < 1.29 is 27.5 Å². The number of alkyl halides is 3. The Hall–Kier alpha value is -3.23. The predicted molar refractivity (Wildman–Crippen MR) is 112 cm³/mol. The number of carbonyl (C=O) groups is 2. The molecule has 2 aliphatic rings. The normalized spacial score (nSPS) is 19.1. The second kappa shape index (κ2) is 8.72. The summed E-state index contributed by atoms with van der Waals surface area (Å²) in [6.07, 6.45) is -4.32. The molecule has 32 heavy (non-hydrogen) atoms. The van der Waals surface area contributed by atoms with Crippen molar-refractivity contribution in [3.63, 3.8) is 0 Å². The van der Waals surface area contributed by atoms with E-state index in [-0.39, 0.29) is 23.7 Å². The Morgan fingerprint density at radius 3 is 2.53 bits per heavy atom. The summed E-state index contributed by atoms with van der Waals surface area (Å²) in [6.45, 7) is 2.93. The molecule has 0 aromatic heterocycles. The molecule has 1 fully saturated rings. The summed E-state index contributed by atoms with van der Waals surface area (Å²) >= 11 is 0. The number of carbonyl (C=O) groups excluding carboxylic acids is 2. The SMILES string of the molecule is CCOC(=O)N1CCC(N2C(=O)c3ccccc3[C@H]2Nc2cccc(C(F)(F)F)c2)CC1. The fraction of sp³-hybridized carbons (Fsp3) is 0.391. The van der Waals surface area contributed by atoms with E-state index in [1.165, 1.54) is 6.07 Å². The molecule has 6 nitrogen and oxygen atoms in total. The second-order valence-corrected chi connectivity index (χ2v) is 7.84. The molecule has 2 aromatic carbocycles. The zero-order valence-corrected chi connectivity index (χ0v) is 17.6. The number of benzene rings is 2. The van der Waals surface area contributed by atoms with Gasteiger partial charge in [0.15, 0.2) is 0 Å². The monoisotopic (exact) mass is 447 g/mol. The number of amides is 2. The largest absolute Gasteiger partial charge is 0.450 e. The number of likely N-dealkylation sites (tertiary alicyclic amines) is 1. The van der Waals surface area contributed by atoms with Gasteiger partial charge in [0.1, 0.15) is 6.17 Å². The molecule has 170 valence electrons. The zero-order valence-electron chi connectivity index (χ0n) is 17.6. The molecular weight excluding hydrogens is 423 g/mol. The first-order chi connectivity index (χ1) is 15.3. The van der Waals surface area contributed by atoms with Gasteiger partial charge in [0.05, 0.1) is 12.2 Å². The lowest BCUT2D eigenvalue weighted by Gasteiger charge is -2.39. The zero-order chi connectivity index (χ0) is 22.9. The van der Waals surface area contributed by atoms with Crippen molar-refractivity contribution >= 4 is 17.7 Å². The molecule has 4 rings (SSSR count). The molecule has 0 radical (unpaired) electrons. The van der Waals surface area contributed by atoms with Crippen molar-refractivity contribution in [3.05, 3.63) is 65.2 Å². The van der Waals surface area contributed by atoms with E-state index in [4.69, 9.17) is 4.74 Å². The molecular formula is C23H24F3N3O3. The number of rotatable bonds is 4. The van der Waals surface area contributed by atoms with Crippen LogP contribution in [0.5, 0.6) is 0 Å². The average Bonchev–Trinajstić information content (AvgIpc) is 3.05. The quantitative estimate of drug-likeness (QED) is 0.725. The number of anilines is 1. The minimum absolute atomic E-state index is 0.163. The van der Waals surface area contributed by atoms with Crippen LogP contribution in [0.3, 0.4) is 0 Å². The molecule has 0 aliphatic carbocycles. The van der Waals surface area contributed by atoms with Crippen molar-refractivity contribution in [1.82, 2.24) is 9.80 Å². The number of halogens is 3. The third kappa shape index (κ3) is 4.24. The van der Waals surface area contributed by atoms with Gasteiger partial charge >= 0.3 is 12.3 Å². The number of nitrogens with zero attached hydrogens (tertiary/aromatic N) is 2. The lowest BCUT2D eigenvalue weighted by atomic mass is 10.0. The highest BCUT2D eigenvalue weighted by atomic mass is 19.4. The summed E-state index contributed by atoms with van der Waals surface area (Å²) in [4.78, 5) is 28.6. The van der Waals surface area contributed by atoms with Gasteiger partial charge in [0.2, 0.25) is 0 Å². The van der Waals surface area contributed by atoms with Crippen molar-refractivity contribution in [2.24, 2.45) is 0 Å². The molecule has 0 saturated carbocycles. The smallest absolute Gasteiger partial charge is 0.416 e. The van der Waals surface area contributed by atoms with Crippen LogP contribution in [0.2, 0.25) is 0 Å². The standard InChI is InChI=1S/C23H24F3N3O3/c1-2-32-22(31)28-12-10-17(11-13-28)29-20(18-8-3-4-9-19(18)21(29)30)27-16-7-5-6-15(14-16)23(24,25)26/h3-9,14,17,20,27H,2,10-13H2,1H3/t20-/m0/s1. The maximum Gasteiger partial charge on any atom is 0.416 e. The van der Waals surface area contributed by atoms with Crippen LogP contribution in [0.4, 0.5) is 23.7 Å². The minimum atomic E-state index is -4.46. The van der Waals surface area contributed by atoms with Gasteiger partial charge in [-0.3, -0.25) is 4.79 Å². The molecule has 2 aromatic rings. The van der Waals surface area contributed by atoms with Gasteiger partial charge in [-0.2, -0.15) is 13.2 Å². The van der Waals surface area contributed by atoms with Gasteiger partial charge in [-0.25, -0.2) is 4.79 Å². The Morgan fingerprint density at radius 1 is 1.12 bits per heavy atom. The molecule has 0 spiro atoms. The summed E-state index contributed by atoms with van der Waals surface area (Å²) in [5.74, 6) is -0.167. The van der Waals surface area contributed by atoms with E-state index in [2.05, 4.69) is 5.32 Å². The maximum atomic E-state index is 13.2. The van der Waals surface area contributed by atoms with Crippen LogP contribution in [-0.2, 0) is 10.9 Å². The van der Waals surface area contributed by atoms with Gasteiger partial charge in [-0.05, 0) is 44.0 Å². The van der Waals surface area contributed by atoms with Crippen molar-refractivity contribution in [3.8, 4) is 0 Å². The molecule has 1 N–H and O–H groups in total. The first-order valence-corrected chi connectivity index (χ1v) is 10.6. The fourth-order valence-corrected chi connectivity index (χ4v) is 4.34. The van der Waals surface area contributed by atoms with E-state index in [9.17, 15) is 22.8 Å². The van der Waals surface area contributed by atoms with E-state index in [1.807, 2.05) is 6.07 Å². The highest BCUT2D eigenvalue weighted by Gasteiger charge is 2.42. The molecule has 2 heterocycles. The summed E-state index contributed by atoms with van der Waals surface area (Å²) in [6, 6.07) is 11.9. The Balaban J connectivity index is 1.58. The molecule has 9 heteroatoms. The van der Waals surface area contributed by atoms with Crippen LogP contribution in [0.25, 0.3) is 0 Å². The van der Waals surface area contributed by atoms with E-state index < -0.39 is 17.9 Å². The van der Waals surface area contributed by atoms with Crippen LogP contribution in [0.15, 0.2) is 48.5 Å². The summed E-state index contributed by atoms with van der Waals surface area (Å²) < 4.78 is 44.6. The first kappa shape index (κ1) is 22.0. The topological polar surface area (TPSA) is 61.9 Å². The number of fused-ring (bicyclic) bond motifs is 1. The Kier molecular flexibility index (Phi) is 5.99. The molecule has 1 saturated heterocycles. The van der Waals surface area contributed by atoms with E-state index >= 15 is 0 Å². The average molecular weight is 447 g/mol. The van der Waals surface area contributed by atoms with E-state index in [0.29, 0.717) is 38.1 Å². The van der Waals surface area contributed by atoms with Crippen LogP contribution in [0.1, 0.15) is 47.4 Å². The van der Waals surface area contributed by atoms with Crippen molar-refractivity contribution in [1.29, 1.82) is 0 Å². The third-order valence-electron chi connectivity index (χ3n) is 5.88. The van der Waals surface area contributed by atoms with Gasteiger partial charge in [-0.15, -0.1) is 0 Å². The van der Waals surface area contributed by atoms with Crippen LogP contribution in [-0.4, -0.2) is 47.5 Å². The van der Waals surface area contributed by atoms with Crippen LogP contribution < -0.4 is 5.32 Å². The number of ether oxygens (including phenoxy) is 1. The Bertz CT molecular complexity index is 1000. The molecule has 2 amide bonds. The lowest BCUT2D eigenvalue weighted by molar-refractivity contribution is -0.137. The molecule has 2 aliphatic heterocycles. The third-order valence-corrected chi connectivity index (χ3v) is 5.88. The van der Waals surface area contributed by atoms with Crippen molar-refractivity contribution in [2.45, 2.75) is 38.1 Å². The van der Waals surface area contributed by atoms with Crippen LogP contribution in [0, 0.1) is 0 Å². The highest BCUT2D eigenvalue weighted by molar-refractivity contribution is 5.99. The summed E-state index contributed by atoms with van der Waals surface area (Å²) in [5.41, 5.74) is 0.783. The Morgan fingerprint density at radius 2 is 1.84 bits per heavy atom. The maximum absolute atomic E-state index is 13.2. The van der Waals surface area contributed by atoms with E-state index in [0.717, 1.165) is 17.7 Å². The van der Waals surface area contributed by atoms with E-state index in [1.54, 1.807) is 41.0 Å². The van der Waals surface area contributed by atoms with Gasteiger partial charge in [-0.1, -0.05) is 24.3 Å². The number of piperidine rings is 1. The molecule has 1 atom stereocenters. The highest BCUT2D eigenvalue weighted by Crippen LogP contribution is 2.39.